The van der Waals surface area contributed by atoms with Crippen molar-refractivity contribution in [2.45, 2.75) is 50.3 Å². The molecule has 2 aromatic rings. The van der Waals surface area contributed by atoms with E-state index in [1.165, 1.54) is 18.7 Å². The Kier molecular flexibility index (Phi) is 7.59. The van der Waals surface area contributed by atoms with Crippen LogP contribution in [0.4, 0.5) is 11.4 Å². The Bertz CT molecular complexity index is 888. The van der Waals surface area contributed by atoms with Crippen molar-refractivity contribution in [3.63, 3.8) is 0 Å². The molecule has 1 heterocycles. The number of hydrogen-bond acceptors (Lipinski definition) is 5. The molecule has 2 rings (SSSR count). The van der Waals surface area contributed by atoms with Gasteiger partial charge in [0.15, 0.2) is 0 Å². The number of benzene rings is 1. The van der Waals surface area contributed by atoms with Crippen LogP contribution in [-0.4, -0.2) is 22.0 Å². The fourth-order valence-corrected chi connectivity index (χ4v) is 3.47. The van der Waals surface area contributed by atoms with Crippen molar-refractivity contribution in [2.75, 3.05) is 10.6 Å². The van der Waals surface area contributed by atoms with E-state index in [-0.39, 0.29) is 23.0 Å². The second-order valence-corrected chi connectivity index (χ2v) is 7.81. The molecule has 2 N–H and O–H groups in total. The Labute approximate surface area is 169 Å². The summed E-state index contributed by atoms with van der Waals surface area (Å²) in [5.41, 5.74) is 2.67. The van der Waals surface area contributed by atoms with E-state index in [0.717, 1.165) is 5.69 Å². The molecule has 1 aromatic carbocycles. The van der Waals surface area contributed by atoms with Gasteiger partial charge in [0.05, 0.1) is 10.8 Å². The fraction of sp³-hybridized carbons (Fsp3) is 0.333. The monoisotopic (exact) mass is 396 g/mol. The highest BCUT2D eigenvalue weighted by atomic mass is 32.2. The first-order chi connectivity index (χ1) is 13.3. The van der Waals surface area contributed by atoms with Crippen LogP contribution < -0.4 is 10.6 Å². The first kappa shape index (κ1) is 21.5. The summed E-state index contributed by atoms with van der Waals surface area (Å²) in [7, 11) is 0. The lowest BCUT2D eigenvalue weighted by Crippen LogP contribution is -2.24. The Morgan fingerprint density at radius 1 is 1.11 bits per heavy atom. The zero-order valence-electron chi connectivity index (χ0n) is 16.4. The van der Waals surface area contributed by atoms with Gasteiger partial charge in [-0.2, -0.15) is 5.26 Å². The van der Waals surface area contributed by atoms with Gasteiger partial charge in [-0.15, -0.1) is 0 Å². The Morgan fingerprint density at radius 3 is 2.21 bits per heavy atom. The van der Waals surface area contributed by atoms with Crippen LogP contribution in [0.15, 0.2) is 41.4 Å². The number of carbonyl (C=O) groups excluding carboxylic acids is 2. The average molecular weight is 397 g/mol. The van der Waals surface area contributed by atoms with Crippen LogP contribution in [0.3, 0.4) is 0 Å². The summed E-state index contributed by atoms with van der Waals surface area (Å²) in [5, 5.41) is 15.1. The standard InChI is InChI=1S/C21H24N4O2S/c1-5-19(28-21-15(12-22)6-11-18(25-21)13(2)3)20(27)24-17-9-7-16(8-10-17)23-14(4)26/h6-11,13,19H,5H2,1-4H3,(H,23,26)(H,24,27). The van der Waals surface area contributed by atoms with Crippen LogP contribution in [0, 0.1) is 11.3 Å². The predicted octanol–water partition coefficient (Wildman–Crippen LogP) is 4.54. The number of hydrogen-bond donors (Lipinski definition) is 2. The van der Waals surface area contributed by atoms with E-state index in [1.807, 2.05) is 26.8 Å². The minimum atomic E-state index is -0.378. The third-order valence-electron chi connectivity index (χ3n) is 3.98. The SMILES string of the molecule is CCC(Sc1nc(C(C)C)ccc1C#N)C(=O)Nc1ccc(NC(C)=O)cc1. The zero-order chi connectivity index (χ0) is 20.7. The van der Waals surface area contributed by atoms with Crippen molar-refractivity contribution in [2.24, 2.45) is 0 Å². The van der Waals surface area contributed by atoms with Gasteiger partial charge in [0.1, 0.15) is 11.1 Å². The van der Waals surface area contributed by atoms with E-state index < -0.39 is 0 Å². The van der Waals surface area contributed by atoms with Gasteiger partial charge in [0.25, 0.3) is 0 Å². The van der Waals surface area contributed by atoms with Crippen LogP contribution in [0.2, 0.25) is 0 Å². The number of nitrogens with zero attached hydrogens (tertiary/aromatic N) is 2. The van der Waals surface area contributed by atoms with Crippen LogP contribution in [0.5, 0.6) is 0 Å². The Hall–Kier alpha value is -2.85. The van der Waals surface area contributed by atoms with Gasteiger partial charge in [0.2, 0.25) is 11.8 Å². The van der Waals surface area contributed by atoms with E-state index in [9.17, 15) is 14.9 Å². The van der Waals surface area contributed by atoms with Crippen LogP contribution in [0.25, 0.3) is 0 Å². The third kappa shape index (κ3) is 5.83. The lowest BCUT2D eigenvalue weighted by Gasteiger charge is -2.16. The van der Waals surface area contributed by atoms with Crippen molar-refractivity contribution in [1.82, 2.24) is 4.98 Å². The minimum Gasteiger partial charge on any atom is -0.326 e. The van der Waals surface area contributed by atoms with Crippen molar-refractivity contribution >= 4 is 35.0 Å². The Morgan fingerprint density at radius 2 is 1.71 bits per heavy atom. The molecule has 0 saturated heterocycles. The summed E-state index contributed by atoms with van der Waals surface area (Å²) >= 11 is 1.31. The molecule has 1 unspecified atom stereocenters. The van der Waals surface area contributed by atoms with Gasteiger partial charge in [0, 0.05) is 24.0 Å². The molecule has 146 valence electrons. The Balaban J connectivity index is 2.13. The topological polar surface area (TPSA) is 94.9 Å². The second-order valence-electron chi connectivity index (χ2n) is 6.62. The molecule has 0 saturated carbocycles. The number of nitriles is 1. The number of rotatable bonds is 7. The number of thioether (sulfide) groups is 1. The zero-order valence-corrected chi connectivity index (χ0v) is 17.3. The quantitative estimate of drug-likeness (QED) is 0.670. The minimum absolute atomic E-state index is 0.149. The van der Waals surface area contributed by atoms with Crippen molar-refractivity contribution in [3.8, 4) is 6.07 Å². The largest absolute Gasteiger partial charge is 0.326 e. The number of nitrogens with one attached hydrogen (secondary N) is 2. The van der Waals surface area contributed by atoms with Crippen molar-refractivity contribution in [1.29, 1.82) is 5.26 Å². The molecule has 0 radical (unpaired) electrons. The normalized spacial score (nSPS) is 11.6. The summed E-state index contributed by atoms with van der Waals surface area (Å²) in [4.78, 5) is 28.4. The van der Waals surface area contributed by atoms with Gasteiger partial charge in [-0.25, -0.2) is 4.98 Å². The van der Waals surface area contributed by atoms with Crippen molar-refractivity contribution < 1.29 is 9.59 Å². The molecule has 1 atom stereocenters. The molecule has 6 nitrogen and oxygen atoms in total. The summed E-state index contributed by atoms with van der Waals surface area (Å²) in [6.45, 7) is 7.45. The van der Waals surface area contributed by atoms with Crippen LogP contribution in [0.1, 0.15) is 51.3 Å². The van der Waals surface area contributed by atoms with Crippen LogP contribution in [-0.2, 0) is 9.59 Å². The van der Waals surface area contributed by atoms with Crippen LogP contribution >= 0.6 is 11.8 Å². The molecular formula is C21H24N4O2S. The average Bonchev–Trinajstić information content (AvgIpc) is 2.66. The van der Waals surface area contributed by atoms with E-state index in [0.29, 0.717) is 28.4 Å². The summed E-state index contributed by atoms with van der Waals surface area (Å²) < 4.78 is 0. The predicted molar refractivity (Wildman–Crippen MR) is 112 cm³/mol. The smallest absolute Gasteiger partial charge is 0.237 e. The number of anilines is 2. The molecule has 0 aliphatic rings. The third-order valence-corrected chi connectivity index (χ3v) is 5.35. The van der Waals surface area contributed by atoms with Gasteiger partial charge in [-0.3, -0.25) is 9.59 Å². The highest BCUT2D eigenvalue weighted by Gasteiger charge is 2.21. The maximum atomic E-state index is 12.7. The molecule has 0 spiro atoms. The van der Waals surface area contributed by atoms with E-state index >= 15 is 0 Å². The van der Waals surface area contributed by atoms with Gasteiger partial charge in [-0.1, -0.05) is 32.5 Å². The molecule has 2 amide bonds. The molecule has 28 heavy (non-hydrogen) atoms. The number of amides is 2. The molecule has 0 aliphatic heterocycles. The molecule has 7 heteroatoms. The summed E-state index contributed by atoms with van der Waals surface area (Å²) in [6.07, 6.45) is 0.596. The summed E-state index contributed by atoms with van der Waals surface area (Å²) in [5.74, 6) is -0.0628. The molecular weight excluding hydrogens is 372 g/mol. The lowest BCUT2D eigenvalue weighted by molar-refractivity contribution is -0.116. The molecule has 1 aromatic heterocycles. The number of aromatic nitrogens is 1. The summed E-state index contributed by atoms with van der Waals surface area (Å²) in [6, 6.07) is 12.7. The maximum absolute atomic E-state index is 12.7. The molecule has 0 bridgehead atoms. The number of pyridine rings is 1. The van der Waals surface area contributed by atoms with E-state index in [2.05, 4.69) is 21.7 Å². The number of carbonyl (C=O) groups is 2. The van der Waals surface area contributed by atoms with E-state index in [4.69, 9.17) is 0 Å². The molecule has 0 fully saturated rings. The first-order valence-electron chi connectivity index (χ1n) is 9.10. The van der Waals surface area contributed by atoms with Crippen molar-refractivity contribution in [3.05, 3.63) is 47.7 Å². The van der Waals surface area contributed by atoms with Gasteiger partial charge >= 0.3 is 0 Å². The first-order valence-corrected chi connectivity index (χ1v) is 9.98. The fourth-order valence-electron chi connectivity index (χ4n) is 2.47. The van der Waals surface area contributed by atoms with Gasteiger partial charge in [-0.05, 0) is 48.7 Å². The highest BCUT2D eigenvalue weighted by Crippen LogP contribution is 2.29. The maximum Gasteiger partial charge on any atom is 0.237 e. The second kappa shape index (κ2) is 9.90. The highest BCUT2D eigenvalue weighted by molar-refractivity contribution is 8.00. The lowest BCUT2D eigenvalue weighted by atomic mass is 10.1. The molecule has 0 aliphatic carbocycles. The van der Waals surface area contributed by atoms with E-state index in [1.54, 1.807) is 30.3 Å². The van der Waals surface area contributed by atoms with Gasteiger partial charge < -0.3 is 10.6 Å².